The molecule has 0 atom stereocenters. The second-order valence-corrected chi connectivity index (χ2v) is 19.0. The van der Waals surface area contributed by atoms with Gasteiger partial charge in [-0.1, -0.05) is 146 Å². The van der Waals surface area contributed by atoms with Crippen LogP contribution in [0.25, 0.3) is 33.8 Å². The van der Waals surface area contributed by atoms with Gasteiger partial charge in [-0.25, -0.2) is 0 Å². The molecule has 0 aliphatic heterocycles. The van der Waals surface area contributed by atoms with Crippen molar-refractivity contribution in [3.8, 4) is 33.8 Å². The second-order valence-electron chi connectivity index (χ2n) is 19.0. The first-order valence-electron chi connectivity index (χ1n) is 25.6. The smallest absolute Gasteiger partial charge is 0.416 e. The molecule has 0 aliphatic carbocycles. The monoisotopic (exact) mass is 1100 g/mol. The van der Waals surface area contributed by atoms with Crippen molar-refractivity contribution < 1.29 is 53.5 Å². The van der Waals surface area contributed by atoms with Crippen LogP contribution in [0.1, 0.15) is 33.4 Å². The average molecular weight is 1100 g/mol. The highest BCUT2D eigenvalue weighted by Gasteiger charge is 2.36. The summed E-state index contributed by atoms with van der Waals surface area (Å²) in [7, 11) is 0. The lowest BCUT2D eigenvalue weighted by Gasteiger charge is -2.25. The first-order valence-corrected chi connectivity index (χ1v) is 25.6. The summed E-state index contributed by atoms with van der Waals surface area (Å²) in [6.45, 7) is -3.59. The van der Waals surface area contributed by atoms with Crippen LogP contribution in [0.2, 0.25) is 0 Å². The highest BCUT2D eigenvalue weighted by molar-refractivity contribution is 6.87. The van der Waals surface area contributed by atoms with Gasteiger partial charge in [-0.05, 0) is 139 Å². The summed E-state index contributed by atoms with van der Waals surface area (Å²) in [6.07, 6.45) is -8.79. The average Bonchev–Trinajstić information content (AvgIpc) is 3.48. The van der Waals surface area contributed by atoms with Crippen molar-refractivity contribution >= 4 is 53.5 Å². The van der Waals surface area contributed by atoms with E-state index in [1.807, 2.05) is 127 Å². The van der Waals surface area contributed by atoms with Crippen LogP contribution in [0.3, 0.4) is 0 Å². The Morgan fingerprint density at radius 1 is 0.296 bits per heavy atom. The largest absolute Gasteiger partial charge is 0.423 e. The molecule has 0 radical (unpaired) electrons. The van der Waals surface area contributed by atoms with Crippen molar-refractivity contribution in [2.45, 2.75) is 38.3 Å². The Kier molecular flexibility index (Phi) is 16.8. The predicted octanol–water partition coefficient (Wildman–Crippen LogP) is 11.9. The standard InChI is InChI=1S/C63H45B3F9N3O3/c67-61(68,69)46-28-22-43(23-29-46)40-79-64(55-16-4-1-13-52(55)58-19-7-10-34-76-58)49-37-50(65(80-41-44-24-30-47(31-25-44)62(70,71)72)56-17-5-2-14-53(56)59-20-8-11-35-77-59)39-51(38-49)66(81-42-45-26-32-48(33-27-45)63(73,74)75)57-18-6-3-15-54(57)60-21-9-12-36-78-60/h1-39H,40-42H2. The number of rotatable bonds is 18. The summed E-state index contributed by atoms with van der Waals surface area (Å²) in [4.78, 5) is 14.1. The van der Waals surface area contributed by atoms with Crippen molar-refractivity contribution in [2.24, 2.45) is 0 Å². The fraction of sp³-hybridized carbons (Fsp3) is 0.0952. The fourth-order valence-electron chi connectivity index (χ4n) is 9.60. The molecule has 81 heavy (non-hydrogen) atoms. The van der Waals surface area contributed by atoms with Crippen molar-refractivity contribution in [3.63, 3.8) is 0 Å². The molecule has 0 amide bonds. The summed E-state index contributed by atoms with van der Waals surface area (Å²) < 4.78 is 146. The Bertz CT molecular complexity index is 3290. The number of alkyl halides is 9. The van der Waals surface area contributed by atoms with E-state index in [2.05, 4.69) is 15.0 Å². The van der Waals surface area contributed by atoms with E-state index in [1.165, 1.54) is 36.4 Å². The third-order valence-corrected chi connectivity index (χ3v) is 13.6. The predicted molar refractivity (Wildman–Crippen MR) is 299 cm³/mol. The number of hydrogen-bond acceptors (Lipinski definition) is 6. The van der Waals surface area contributed by atoms with Gasteiger partial charge >= 0.3 is 39.3 Å². The summed E-state index contributed by atoms with van der Waals surface area (Å²) in [5.74, 6) is 0. The topological polar surface area (TPSA) is 66.4 Å². The van der Waals surface area contributed by atoms with E-state index >= 15 is 0 Å². The van der Waals surface area contributed by atoms with Crippen LogP contribution in [0.5, 0.6) is 0 Å². The minimum absolute atomic E-state index is 0.175. The first kappa shape index (κ1) is 55.7. The Hall–Kier alpha value is -8.57. The van der Waals surface area contributed by atoms with Crippen LogP contribution < -0.4 is 32.8 Å². The quantitative estimate of drug-likeness (QED) is 0.0630. The number of pyridine rings is 3. The van der Waals surface area contributed by atoms with Gasteiger partial charge in [0.2, 0.25) is 0 Å². The van der Waals surface area contributed by atoms with Gasteiger partial charge in [-0.3, -0.25) is 15.0 Å². The molecule has 18 heteroatoms. The molecule has 10 rings (SSSR count). The van der Waals surface area contributed by atoms with Crippen LogP contribution in [0.15, 0.2) is 237 Å². The van der Waals surface area contributed by atoms with Gasteiger partial charge in [-0.2, -0.15) is 39.5 Å². The highest BCUT2D eigenvalue weighted by Crippen LogP contribution is 2.32. The minimum Gasteiger partial charge on any atom is -0.423 e. The SMILES string of the molecule is FC(F)(F)c1ccc(COB(c2cc(B(OCc3ccc(C(F)(F)F)cc3)c3ccccc3-c3ccccn3)cc(B(OCc3ccc(C(F)(F)F)cc3)c3ccccc3-c3ccccn3)c2)c2ccccc2-c2ccccn2)cc1. The van der Waals surface area contributed by atoms with Crippen LogP contribution >= 0.6 is 0 Å². The Balaban J connectivity index is 1.22. The molecular weight excluding hydrogens is 1050 g/mol. The molecule has 0 fully saturated rings. The maximum absolute atomic E-state index is 13.8. The van der Waals surface area contributed by atoms with Crippen LogP contribution in [0.4, 0.5) is 39.5 Å². The van der Waals surface area contributed by atoms with Crippen LogP contribution in [-0.4, -0.2) is 35.7 Å². The number of halogens is 9. The fourth-order valence-corrected chi connectivity index (χ4v) is 9.60. The molecule has 0 bridgehead atoms. The van der Waals surface area contributed by atoms with Gasteiger partial charge in [0, 0.05) is 18.6 Å². The van der Waals surface area contributed by atoms with E-state index in [0.717, 1.165) is 36.4 Å². The van der Waals surface area contributed by atoms with E-state index < -0.39 is 56.0 Å². The third kappa shape index (κ3) is 13.5. The molecule has 0 saturated carbocycles. The summed E-state index contributed by atoms with van der Waals surface area (Å²) >= 11 is 0. The van der Waals surface area contributed by atoms with E-state index in [1.54, 1.807) is 36.8 Å². The maximum Gasteiger partial charge on any atom is 0.416 e. The second kappa shape index (κ2) is 24.4. The molecular formula is C63H45B3F9N3O3. The summed E-state index contributed by atoms with van der Waals surface area (Å²) in [5.41, 5.74) is 6.01. The number of hydrogen-bond donors (Lipinski definition) is 0. The lowest BCUT2D eigenvalue weighted by atomic mass is 9.46. The lowest BCUT2D eigenvalue weighted by Crippen LogP contribution is -2.56. The van der Waals surface area contributed by atoms with Gasteiger partial charge in [0.25, 0.3) is 0 Å². The normalized spacial score (nSPS) is 11.8. The van der Waals surface area contributed by atoms with E-state index in [4.69, 9.17) is 14.0 Å². The molecule has 0 spiro atoms. The molecule has 402 valence electrons. The van der Waals surface area contributed by atoms with Gasteiger partial charge in [0.15, 0.2) is 0 Å². The number of aromatic nitrogens is 3. The van der Waals surface area contributed by atoms with Gasteiger partial charge < -0.3 is 14.0 Å². The molecule has 6 nitrogen and oxygen atoms in total. The number of benzene rings is 7. The third-order valence-electron chi connectivity index (χ3n) is 13.6. The van der Waals surface area contributed by atoms with Crippen molar-refractivity contribution in [3.05, 3.63) is 270 Å². The minimum atomic E-state index is -4.58. The maximum atomic E-state index is 13.8. The molecule has 7 aromatic carbocycles. The Morgan fingerprint density at radius 3 is 0.778 bits per heavy atom. The zero-order valence-corrected chi connectivity index (χ0v) is 42.8. The first-order chi connectivity index (χ1) is 39.1. The summed E-state index contributed by atoms with van der Waals surface area (Å²) in [5, 5.41) is 0. The summed E-state index contributed by atoms with van der Waals surface area (Å²) in [6, 6.07) is 58.4. The molecule has 0 unspecified atom stereocenters. The van der Waals surface area contributed by atoms with Gasteiger partial charge in [-0.15, -0.1) is 0 Å². The van der Waals surface area contributed by atoms with E-state index in [0.29, 0.717) is 83.2 Å². The van der Waals surface area contributed by atoms with Gasteiger partial charge in [0.05, 0.1) is 53.6 Å². The zero-order valence-electron chi connectivity index (χ0n) is 42.8. The van der Waals surface area contributed by atoms with Crippen LogP contribution in [0, 0.1) is 0 Å². The Labute approximate surface area is 462 Å². The van der Waals surface area contributed by atoms with E-state index in [9.17, 15) is 39.5 Å². The zero-order chi connectivity index (χ0) is 56.6. The molecule has 3 aromatic heterocycles. The van der Waals surface area contributed by atoms with E-state index in [-0.39, 0.29) is 19.8 Å². The lowest BCUT2D eigenvalue weighted by molar-refractivity contribution is -0.138. The van der Waals surface area contributed by atoms with Crippen molar-refractivity contribution in [2.75, 3.05) is 0 Å². The number of nitrogens with zero attached hydrogens (tertiary/aromatic N) is 3. The molecule has 0 aliphatic rings. The van der Waals surface area contributed by atoms with Crippen molar-refractivity contribution in [1.82, 2.24) is 15.0 Å². The molecule has 10 aromatic rings. The molecule has 0 N–H and O–H groups in total. The van der Waals surface area contributed by atoms with Crippen molar-refractivity contribution in [1.29, 1.82) is 0 Å². The molecule has 3 heterocycles. The van der Waals surface area contributed by atoms with Crippen LogP contribution in [-0.2, 0) is 52.3 Å². The van der Waals surface area contributed by atoms with Gasteiger partial charge in [0.1, 0.15) is 0 Å². The highest BCUT2D eigenvalue weighted by atomic mass is 19.4. The Morgan fingerprint density at radius 2 is 0.543 bits per heavy atom. The molecule has 0 saturated heterocycles.